The van der Waals surface area contributed by atoms with Crippen LogP contribution in [0.2, 0.25) is 0 Å². The SMILES string of the molecule is CC1c2ncc(C(F)(F)F)n2CCN1c1cncc(Br)c1. The minimum Gasteiger partial charge on any atom is -0.359 e. The molecule has 4 nitrogen and oxygen atoms in total. The molecule has 0 radical (unpaired) electrons. The van der Waals surface area contributed by atoms with E-state index in [-0.39, 0.29) is 12.6 Å². The Labute approximate surface area is 127 Å². The van der Waals surface area contributed by atoms with Crippen molar-refractivity contribution in [2.45, 2.75) is 25.7 Å². The summed E-state index contributed by atoms with van der Waals surface area (Å²) in [6.45, 7) is 2.58. The molecule has 1 aliphatic heterocycles. The first-order valence-electron chi connectivity index (χ1n) is 6.38. The Balaban J connectivity index is 1.97. The number of nitrogens with zero attached hydrogens (tertiary/aromatic N) is 4. The van der Waals surface area contributed by atoms with Crippen LogP contribution >= 0.6 is 15.9 Å². The zero-order chi connectivity index (χ0) is 15.2. The van der Waals surface area contributed by atoms with Crippen LogP contribution in [0.1, 0.15) is 24.5 Å². The number of halogens is 4. The molecule has 0 amide bonds. The van der Waals surface area contributed by atoms with Gasteiger partial charge in [0.15, 0.2) is 0 Å². The van der Waals surface area contributed by atoms with E-state index < -0.39 is 11.9 Å². The fourth-order valence-electron chi connectivity index (χ4n) is 2.64. The number of rotatable bonds is 1. The molecule has 0 spiro atoms. The lowest BCUT2D eigenvalue weighted by Crippen LogP contribution is -2.38. The summed E-state index contributed by atoms with van der Waals surface area (Å²) in [5, 5.41) is 0. The normalized spacial score (nSPS) is 18.7. The predicted molar refractivity (Wildman–Crippen MR) is 74.9 cm³/mol. The third-order valence-corrected chi connectivity index (χ3v) is 4.04. The zero-order valence-corrected chi connectivity index (χ0v) is 12.7. The van der Waals surface area contributed by atoms with Gasteiger partial charge in [0, 0.05) is 23.8 Å². The van der Waals surface area contributed by atoms with E-state index in [0.29, 0.717) is 12.4 Å². The van der Waals surface area contributed by atoms with Crippen LogP contribution in [0.15, 0.2) is 29.1 Å². The van der Waals surface area contributed by atoms with E-state index in [4.69, 9.17) is 0 Å². The van der Waals surface area contributed by atoms with Crippen LogP contribution in [-0.2, 0) is 12.7 Å². The van der Waals surface area contributed by atoms with Crippen molar-refractivity contribution in [1.29, 1.82) is 0 Å². The molecule has 0 bridgehead atoms. The van der Waals surface area contributed by atoms with E-state index in [2.05, 4.69) is 25.9 Å². The van der Waals surface area contributed by atoms with Gasteiger partial charge in [-0.25, -0.2) is 4.98 Å². The Morgan fingerprint density at radius 1 is 1.24 bits per heavy atom. The van der Waals surface area contributed by atoms with Crippen molar-refractivity contribution < 1.29 is 13.2 Å². The van der Waals surface area contributed by atoms with Gasteiger partial charge in [-0.1, -0.05) is 0 Å². The van der Waals surface area contributed by atoms with Gasteiger partial charge in [0.05, 0.1) is 24.1 Å². The number of pyridine rings is 1. The molecule has 0 saturated heterocycles. The molecule has 1 unspecified atom stereocenters. The molecule has 2 aromatic rings. The maximum atomic E-state index is 12.9. The van der Waals surface area contributed by atoms with Crippen molar-refractivity contribution in [3.05, 3.63) is 40.6 Å². The summed E-state index contributed by atoms with van der Waals surface area (Å²) in [4.78, 5) is 10.1. The van der Waals surface area contributed by atoms with Gasteiger partial charge in [-0.2, -0.15) is 13.2 Å². The number of aromatic nitrogens is 3. The molecular formula is C13H12BrF3N4. The average molecular weight is 361 g/mol. The van der Waals surface area contributed by atoms with E-state index in [1.807, 2.05) is 17.9 Å². The van der Waals surface area contributed by atoms with Crippen LogP contribution in [0.25, 0.3) is 0 Å². The Morgan fingerprint density at radius 2 is 2.00 bits per heavy atom. The van der Waals surface area contributed by atoms with E-state index in [9.17, 15) is 13.2 Å². The first-order valence-corrected chi connectivity index (χ1v) is 7.17. The lowest BCUT2D eigenvalue weighted by atomic mass is 10.2. The predicted octanol–water partition coefficient (Wildman–Crippen LogP) is 3.64. The van der Waals surface area contributed by atoms with Gasteiger partial charge in [0.25, 0.3) is 0 Å². The van der Waals surface area contributed by atoms with Crippen LogP contribution in [0.5, 0.6) is 0 Å². The molecule has 112 valence electrons. The maximum Gasteiger partial charge on any atom is 0.433 e. The highest BCUT2D eigenvalue weighted by molar-refractivity contribution is 9.10. The Bertz CT molecular complexity index is 668. The Hall–Kier alpha value is -1.57. The molecule has 1 aliphatic rings. The van der Waals surface area contributed by atoms with E-state index in [1.54, 1.807) is 12.4 Å². The smallest absolute Gasteiger partial charge is 0.359 e. The molecule has 2 aromatic heterocycles. The molecular weight excluding hydrogens is 349 g/mol. The number of alkyl halides is 3. The van der Waals surface area contributed by atoms with Crippen LogP contribution in [-0.4, -0.2) is 21.1 Å². The lowest BCUT2D eigenvalue weighted by molar-refractivity contribution is -0.143. The summed E-state index contributed by atoms with van der Waals surface area (Å²) < 4.78 is 40.8. The summed E-state index contributed by atoms with van der Waals surface area (Å²) in [5.41, 5.74) is 0.177. The number of hydrogen-bond donors (Lipinski definition) is 0. The van der Waals surface area contributed by atoms with Crippen molar-refractivity contribution in [2.75, 3.05) is 11.4 Å². The molecule has 0 aliphatic carbocycles. The topological polar surface area (TPSA) is 34.0 Å². The first-order chi connectivity index (χ1) is 9.88. The largest absolute Gasteiger partial charge is 0.433 e. The van der Waals surface area contributed by atoms with Crippen LogP contribution in [0.3, 0.4) is 0 Å². The van der Waals surface area contributed by atoms with Crippen molar-refractivity contribution in [3.63, 3.8) is 0 Å². The van der Waals surface area contributed by atoms with E-state index >= 15 is 0 Å². The quantitative estimate of drug-likeness (QED) is 0.778. The molecule has 0 fully saturated rings. The molecule has 21 heavy (non-hydrogen) atoms. The number of anilines is 1. The van der Waals surface area contributed by atoms with Crippen molar-refractivity contribution >= 4 is 21.6 Å². The molecule has 3 rings (SSSR count). The number of imidazole rings is 1. The Morgan fingerprint density at radius 3 is 2.67 bits per heavy atom. The average Bonchev–Trinajstić information content (AvgIpc) is 2.83. The van der Waals surface area contributed by atoms with Crippen LogP contribution in [0.4, 0.5) is 18.9 Å². The van der Waals surface area contributed by atoms with Gasteiger partial charge in [-0.15, -0.1) is 0 Å². The minimum atomic E-state index is -4.37. The van der Waals surface area contributed by atoms with Crippen molar-refractivity contribution in [3.8, 4) is 0 Å². The molecule has 0 aromatic carbocycles. The third-order valence-electron chi connectivity index (χ3n) is 3.60. The standard InChI is InChI=1S/C13H12BrF3N4/c1-8-12-19-7-11(13(15,16)17)21(12)3-2-20(8)10-4-9(14)5-18-6-10/h4-8H,2-3H2,1H3. The van der Waals surface area contributed by atoms with Gasteiger partial charge >= 0.3 is 6.18 Å². The van der Waals surface area contributed by atoms with Crippen LogP contribution in [0, 0.1) is 0 Å². The second-order valence-electron chi connectivity index (χ2n) is 4.88. The fourth-order valence-corrected chi connectivity index (χ4v) is 2.99. The summed E-state index contributed by atoms with van der Waals surface area (Å²) in [7, 11) is 0. The highest BCUT2D eigenvalue weighted by Gasteiger charge is 2.38. The van der Waals surface area contributed by atoms with Gasteiger partial charge in [-0.05, 0) is 28.9 Å². The molecule has 8 heteroatoms. The monoisotopic (exact) mass is 360 g/mol. The molecule has 0 saturated carbocycles. The minimum absolute atomic E-state index is 0.244. The van der Waals surface area contributed by atoms with Crippen molar-refractivity contribution in [2.24, 2.45) is 0 Å². The van der Waals surface area contributed by atoms with E-state index in [0.717, 1.165) is 16.4 Å². The highest BCUT2D eigenvalue weighted by Crippen LogP contribution is 2.36. The third kappa shape index (κ3) is 2.52. The second kappa shape index (κ2) is 5.01. The van der Waals surface area contributed by atoms with E-state index in [1.165, 1.54) is 4.57 Å². The summed E-state index contributed by atoms with van der Waals surface area (Å²) in [5.74, 6) is 0.425. The highest BCUT2D eigenvalue weighted by atomic mass is 79.9. The summed E-state index contributed by atoms with van der Waals surface area (Å²) in [6.07, 6.45) is -0.0929. The first kappa shape index (κ1) is 14.4. The molecule has 1 atom stereocenters. The number of fused-ring (bicyclic) bond motifs is 1. The summed E-state index contributed by atoms with van der Waals surface area (Å²) >= 11 is 3.35. The second-order valence-corrected chi connectivity index (χ2v) is 5.80. The van der Waals surface area contributed by atoms with Crippen LogP contribution < -0.4 is 4.90 Å². The van der Waals surface area contributed by atoms with Gasteiger partial charge in [-0.3, -0.25) is 4.98 Å². The zero-order valence-electron chi connectivity index (χ0n) is 11.1. The molecule has 0 N–H and O–H groups in total. The summed E-state index contributed by atoms with van der Waals surface area (Å²) in [6, 6.07) is 1.65. The molecule has 3 heterocycles. The van der Waals surface area contributed by atoms with Gasteiger partial charge in [0.2, 0.25) is 0 Å². The lowest BCUT2D eigenvalue weighted by Gasteiger charge is -2.36. The van der Waals surface area contributed by atoms with Gasteiger partial charge < -0.3 is 9.47 Å². The van der Waals surface area contributed by atoms with Crippen molar-refractivity contribution in [1.82, 2.24) is 14.5 Å². The maximum absolute atomic E-state index is 12.9. The fraction of sp³-hybridized carbons (Fsp3) is 0.385. The Kier molecular flexibility index (Phi) is 3.43. The number of hydrogen-bond acceptors (Lipinski definition) is 3. The van der Waals surface area contributed by atoms with Gasteiger partial charge in [0.1, 0.15) is 11.5 Å².